The minimum atomic E-state index is -0.897. The molecule has 0 rings (SSSR count). The minimum absolute atomic E-state index is 0.121. The summed E-state index contributed by atoms with van der Waals surface area (Å²) in [6.45, 7) is 11.8. The van der Waals surface area contributed by atoms with Crippen molar-refractivity contribution in [3.63, 3.8) is 0 Å². The zero-order chi connectivity index (χ0) is 15.6. The Labute approximate surface area is 123 Å². The molecular formula is C15H31NO4. The predicted molar refractivity (Wildman–Crippen MR) is 79.6 cm³/mol. The van der Waals surface area contributed by atoms with Gasteiger partial charge >= 0.3 is 5.97 Å². The molecule has 0 bridgehead atoms. The quantitative estimate of drug-likeness (QED) is 0.493. The molecule has 5 nitrogen and oxygen atoms in total. The van der Waals surface area contributed by atoms with Gasteiger partial charge in [0.15, 0.2) is 0 Å². The van der Waals surface area contributed by atoms with Crippen LogP contribution >= 0.6 is 0 Å². The third kappa shape index (κ3) is 10.2. The summed E-state index contributed by atoms with van der Waals surface area (Å²) in [4.78, 5) is 11.6. The molecule has 0 fully saturated rings. The summed E-state index contributed by atoms with van der Waals surface area (Å²) in [5.74, 6) is -0.334. The molecule has 0 aromatic heterocycles. The van der Waals surface area contributed by atoms with Crippen molar-refractivity contribution in [1.82, 2.24) is 0 Å². The van der Waals surface area contributed by atoms with Crippen molar-refractivity contribution >= 4 is 5.97 Å². The molecule has 0 spiro atoms. The number of unbranched alkanes of at least 4 members (excludes halogenated alkanes) is 1. The van der Waals surface area contributed by atoms with Crippen LogP contribution in [0.5, 0.6) is 0 Å². The third-order valence-electron chi connectivity index (χ3n) is 2.74. The second-order valence-electron chi connectivity index (χ2n) is 6.17. The van der Waals surface area contributed by atoms with Crippen LogP contribution in [0.2, 0.25) is 0 Å². The summed E-state index contributed by atoms with van der Waals surface area (Å²) in [5.41, 5.74) is 4.90. The SMILES string of the molecule is CCOC(=O)C(C)(N)CCCCOCCOC(C)(C)C. The number of ether oxygens (including phenoxy) is 3. The molecule has 0 aliphatic heterocycles. The molecule has 120 valence electrons. The molecule has 0 aromatic carbocycles. The molecule has 1 unspecified atom stereocenters. The van der Waals surface area contributed by atoms with E-state index >= 15 is 0 Å². The van der Waals surface area contributed by atoms with Crippen LogP contribution in [0.15, 0.2) is 0 Å². The lowest BCUT2D eigenvalue weighted by molar-refractivity contribution is -0.149. The Bertz CT molecular complexity index is 272. The Hall–Kier alpha value is -0.650. The summed E-state index contributed by atoms with van der Waals surface area (Å²) in [5, 5.41) is 0. The van der Waals surface area contributed by atoms with E-state index in [4.69, 9.17) is 19.9 Å². The lowest BCUT2D eigenvalue weighted by Gasteiger charge is -2.22. The first kappa shape index (κ1) is 19.4. The third-order valence-corrected chi connectivity index (χ3v) is 2.74. The highest BCUT2D eigenvalue weighted by atomic mass is 16.5. The molecule has 0 aliphatic rings. The first-order valence-electron chi connectivity index (χ1n) is 7.37. The fraction of sp³-hybridized carbons (Fsp3) is 0.933. The summed E-state index contributed by atoms with van der Waals surface area (Å²) >= 11 is 0. The lowest BCUT2D eigenvalue weighted by Crippen LogP contribution is -2.46. The number of hydrogen-bond donors (Lipinski definition) is 1. The average molecular weight is 289 g/mol. The predicted octanol–water partition coefficient (Wildman–Crippen LogP) is 2.27. The van der Waals surface area contributed by atoms with Crippen LogP contribution in [0, 0.1) is 0 Å². The number of hydrogen-bond acceptors (Lipinski definition) is 5. The van der Waals surface area contributed by atoms with Crippen LogP contribution in [-0.2, 0) is 19.0 Å². The summed E-state index contributed by atoms with van der Waals surface area (Å²) in [6.07, 6.45) is 2.32. The van der Waals surface area contributed by atoms with Gasteiger partial charge in [-0.3, -0.25) is 4.79 Å². The van der Waals surface area contributed by atoms with Crippen LogP contribution in [0.1, 0.15) is 53.9 Å². The van der Waals surface area contributed by atoms with E-state index in [2.05, 4.69) is 0 Å². The van der Waals surface area contributed by atoms with Crippen molar-refractivity contribution < 1.29 is 19.0 Å². The van der Waals surface area contributed by atoms with E-state index in [9.17, 15) is 4.79 Å². The normalized spacial score (nSPS) is 14.9. The number of carbonyl (C=O) groups excluding carboxylic acids is 1. The smallest absolute Gasteiger partial charge is 0.325 e. The van der Waals surface area contributed by atoms with Crippen LogP contribution in [0.4, 0.5) is 0 Å². The number of nitrogens with two attached hydrogens (primary N) is 1. The highest BCUT2D eigenvalue weighted by Crippen LogP contribution is 2.13. The first-order chi connectivity index (χ1) is 9.19. The molecule has 0 saturated heterocycles. The van der Waals surface area contributed by atoms with E-state index in [-0.39, 0.29) is 11.6 Å². The van der Waals surface area contributed by atoms with Crippen molar-refractivity contribution in [1.29, 1.82) is 0 Å². The Morgan fingerprint density at radius 1 is 1.05 bits per heavy atom. The van der Waals surface area contributed by atoms with Crippen LogP contribution in [0.3, 0.4) is 0 Å². The molecule has 0 saturated carbocycles. The van der Waals surface area contributed by atoms with Crippen molar-refractivity contribution in [3.05, 3.63) is 0 Å². The Morgan fingerprint density at radius 3 is 2.25 bits per heavy atom. The summed E-state index contributed by atoms with van der Waals surface area (Å²) in [7, 11) is 0. The van der Waals surface area contributed by atoms with Crippen LogP contribution in [-0.4, -0.2) is 43.5 Å². The van der Waals surface area contributed by atoms with E-state index in [1.165, 1.54) is 0 Å². The monoisotopic (exact) mass is 289 g/mol. The highest BCUT2D eigenvalue weighted by molar-refractivity contribution is 5.79. The number of rotatable bonds is 10. The Balaban J connectivity index is 3.55. The summed E-state index contributed by atoms with van der Waals surface area (Å²) < 4.78 is 15.9. The minimum Gasteiger partial charge on any atom is -0.465 e. The van der Waals surface area contributed by atoms with Crippen molar-refractivity contribution in [2.75, 3.05) is 26.4 Å². The standard InChI is InChI=1S/C15H31NO4/c1-6-19-13(17)15(5,16)9-7-8-10-18-11-12-20-14(2,3)4/h6-12,16H2,1-5H3. The van der Waals surface area contributed by atoms with Gasteiger partial charge in [0, 0.05) is 6.61 Å². The van der Waals surface area contributed by atoms with E-state index in [0.29, 0.717) is 32.8 Å². The number of esters is 1. The van der Waals surface area contributed by atoms with Crippen molar-refractivity contribution in [3.8, 4) is 0 Å². The van der Waals surface area contributed by atoms with Gasteiger partial charge in [-0.2, -0.15) is 0 Å². The maximum absolute atomic E-state index is 11.6. The molecule has 5 heteroatoms. The van der Waals surface area contributed by atoms with Gasteiger partial charge in [0.1, 0.15) is 5.54 Å². The largest absolute Gasteiger partial charge is 0.465 e. The van der Waals surface area contributed by atoms with E-state index in [0.717, 1.165) is 12.8 Å². The second kappa shape index (κ2) is 9.32. The number of carbonyl (C=O) groups is 1. The van der Waals surface area contributed by atoms with E-state index in [1.807, 2.05) is 20.8 Å². The van der Waals surface area contributed by atoms with Gasteiger partial charge in [-0.05, 0) is 53.9 Å². The zero-order valence-corrected chi connectivity index (χ0v) is 13.7. The maximum atomic E-state index is 11.6. The lowest BCUT2D eigenvalue weighted by atomic mass is 9.96. The van der Waals surface area contributed by atoms with E-state index < -0.39 is 5.54 Å². The van der Waals surface area contributed by atoms with Gasteiger partial charge in [0.2, 0.25) is 0 Å². The molecular weight excluding hydrogens is 258 g/mol. The fourth-order valence-corrected chi connectivity index (χ4v) is 1.60. The van der Waals surface area contributed by atoms with Gasteiger partial charge in [0.25, 0.3) is 0 Å². The molecule has 20 heavy (non-hydrogen) atoms. The molecule has 1 atom stereocenters. The fourth-order valence-electron chi connectivity index (χ4n) is 1.60. The van der Waals surface area contributed by atoms with Crippen molar-refractivity contribution in [2.45, 2.75) is 65.0 Å². The van der Waals surface area contributed by atoms with Gasteiger partial charge in [-0.15, -0.1) is 0 Å². The van der Waals surface area contributed by atoms with E-state index in [1.54, 1.807) is 13.8 Å². The van der Waals surface area contributed by atoms with Gasteiger partial charge in [-0.25, -0.2) is 0 Å². The van der Waals surface area contributed by atoms with Gasteiger partial charge in [0.05, 0.1) is 25.4 Å². The Morgan fingerprint density at radius 2 is 1.70 bits per heavy atom. The highest BCUT2D eigenvalue weighted by Gasteiger charge is 2.28. The van der Waals surface area contributed by atoms with Crippen molar-refractivity contribution in [2.24, 2.45) is 5.73 Å². The first-order valence-corrected chi connectivity index (χ1v) is 7.37. The molecule has 0 amide bonds. The molecule has 2 N–H and O–H groups in total. The van der Waals surface area contributed by atoms with Crippen LogP contribution < -0.4 is 5.73 Å². The van der Waals surface area contributed by atoms with Crippen LogP contribution in [0.25, 0.3) is 0 Å². The molecule has 0 heterocycles. The molecule has 0 aliphatic carbocycles. The van der Waals surface area contributed by atoms with Gasteiger partial charge in [-0.1, -0.05) is 0 Å². The average Bonchev–Trinajstić information content (AvgIpc) is 2.31. The Kier molecular flexibility index (Phi) is 9.01. The maximum Gasteiger partial charge on any atom is 0.325 e. The second-order valence-corrected chi connectivity index (χ2v) is 6.17. The topological polar surface area (TPSA) is 70.8 Å². The molecule has 0 aromatic rings. The molecule has 0 radical (unpaired) electrons. The summed E-state index contributed by atoms with van der Waals surface area (Å²) in [6, 6.07) is 0. The van der Waals surface area contributed by atoms with Gasteiger partial charge < -0.3 is 19.9 Å². The zero-order valence-electron chi connectivity index (χ0n) is 13.7.